The predicted octanol–water partition coefficient (Wildman–Crippen LogP) is 1.82. The maximum atomic E-state index is 12.1. The van der Waals surface area contributed by atoms with Gasteiger partial charge in [0.25, 0.3) is 0 Å². The van der Waals surface area contributed by atoms with Gasteiger partial charge in [0.05, 0.1) is 6.61 Å². The topological polar surface area (TPSA) is 91.4 Å². The number of esters is 1. The molecule has 2 aliphatic carbocycles. The molecule has 6 nitrogen and oxygen atoms in total. The highest BCUT2D eigenvalue weighted by molar-refractivity contribution is 7.89. The predicted molar refractivity (Wildman–Crippen MR) is 76.3 cm³/mol. The number of hydrogen-bond donors (Lipinski definition) is 1. The zero-order valence-electron chi connectivity index (χ0n) is 11.8. The molecule has 0 bridgehead atoms. The largest absolute Gasteiger partial charge is 0.461 e. The number of sulfonamides is 1. The van der Waals surface area contributed by atoms with E-state index in [-0.39, 0.29) is 16.6 Å². The highest BCUT2D eigenvalue weighted by Gasteiger charge is 2.30. The third-order valence-corrected chi connectivity index (χ3v) is 5.17. The van der Waals surface area contributed by atoms with Crippen molar-refractivity contribution >= 4 is 16.0 Å². The average Bonchev–Trinajstić information content (AvgIpc) is 3.09. The van der Waals surface area contributed by atoms with Crippen molar-refractivity contribution in [2.75, 3.05) is 6.61 Å². The molecule has 0 unspecified atom stereocenters. The molecule has 0 saturated heterocycles. The molecule has 0 radical (unpaired) electrons. The van der Waals surface area contributed by atoms with Gasteiger partial charge in [-0.25, -0.2) is 18.4 Å². The Kier molecular flexibility index (Phi) is 3.79. The second-order valence-corrected chi connectivity index (χ2v) is 7.53. The molecule has 1 aromatic rings. The van der Waals surface area contributed by atoms with Gasteiger partial charge in [-0.2, -0.15) is 0 Å². The minimum atomic E-state index is -3.80. The van der Waals surface area contributed by atoms with Crippen molar-refractivity contribution in [2.24, 2.45) is 11.1 Å². The normalized spacial score (nSPS) is 19.3. The fourth-order valence-electron chi connectivity index (χ4n) is 2.60. The van der Waals surface area contributed by atoms with Crippen molar-refractivity contribution in [3.05, 3.63) is 18.0 Å². The third-order valence-electron chi connectivity index (χ3n) is 4.29. The zero-order chi connectivity index (χ0) is 15.0. The fourth-order valence-corrected chi connectivity index (χ4v) is 3.14. The van der Waals surface area contributed by atoms with Gasteiger partial charge in [0, 0.05) is 12.2 Å². The first-order chi connectivity index (χ1) is 9.95. The van der Waals surface area contributed by atoms with Crippen LogP contribution in [0.25, 0.3) is 0 Å². The molecular formula is C14H20N2O4S. The Bertz CT molecular complexity index is 642. The van der Waals surface area contributed by atoms with Gasteiger partial charge in [0.1, 0.15) is 10.6 Å². The minimum absolute atomic E-state index is 0.0275. The summed E-state index contributed by atoms with van der Waals surface area (Å²) in [6.07, 6.45) is 7.91. The number of carbonyl (C=O) groups excluding carboxylic acids is 1. The van der Waals surface area contributed by atoms with Crippen LogP contribution in [0.15, 0.2) is 17.2 Å². The lowest BCUT2D eigenvalue weighted by Crippen LogP contribution is -2.17. The van der Waals surface area contributed by atoms with Crippen molar-refractivity contribution in [3.8, 4) is 0 Å². The molecule has 1 aromatic heterocycles. The number of hydrogen-bond acceptors (Lipinski definition) is 4. The Morgan fingerprint density at radius 3 is 2.57 bits per heavy atom. The van der Waals surface area contributed by atoms with Gasteiger partial charge in [-0.1, -0.05) is 19.3 Å². The smallest absolute Gasteiger partial charge is 0.354 e. The van der Waals surface area contributed by atoms with Gasteiger partial charge < -0.3 is 9.30 Å². The SMILES string of the molecule is NS(=O)(=O)c1cc(C(=O)OCCC2CCC2)n(C2CC2)c1. The van der Waals surface area contributed by atoms with E-state index < -0.39 is 16.0 Å². The van der Waals surface area contributed by atoms with Gasteiger partial charge in [0.2, 0.25) is 10.0 Å². The monoisotopic (exact) mass is 312 g/mol. The summed E-state index contributed by atoms with van der Waals surface area (Å²) < 4.78 is 29.8. The van der Waals surface area contributed by atoms with Gasteiger partial charge in [-0.15, -0.1) is 0 Å². The summed E-state index contributed by atoms with van der Waals surface area (Å²) in [4.78, 5) is 12.1. The maximum absolute atomic E-state index is 12.1. The van der Waals surface area contributed by atoms with Gasteiger partial charge in [-0.3, -0.25) is 0 Å². The Labute approximate surface area is 124 Å². The molecule has 2 saturated carbocycles. The summed E-state index contributed by atoms with van der Waals surface area (Å²) in [5.41, 5.74) is 0.287. The molecule has 116 valence electrons. The highest BCUT2D eigenvalue weighted by atomic mass is 32.2. The molecule has 1 heterocycles. The van der Waals surface area contributed by atoms with E-state index in [0.29, 0.717) is 12.5 Å². The van der Waals surface area contributed by atoms with E-state index in [2.05, 4.69) is 0 Å². The van der Waals surface area contributed by atoms with Crippen LogP contribution in [0.3, 0.4) is 0 Å². The summed E-state index contributed by atoms with van der Waals surface area (Å²) in [6, 6.07) is 1.51. The molecule has 21 heavy (non-hydrogen) atoms. The Balaban J connectivity index is 1.70. The van der Waals surface area contributed by atoms with Crippen LogP contribution < -0.4 is 5.14 Å². The number of primary sulfonamides is 1. The molecule has 0 spiro atoms. The number of carbonyl (C=O) groups is 1. The van der Waals surface area contributed by atoms with Gasteiger partial charge in [0.15, 0.2) is 0 Å². The number of ether oxygens (including phenoxy) is 1. The van der Waals surface area contributed by atoms with Crippen molar-refractivity contribution < 1.29 is 17.9 Å². The van der Waals surface area contributed by atoms with E-state index in [4.69, 9.17) is 9.88 Å². The fraction of sp³-hybridized carbons (Fsp3) is 0.643. The summed E-state index contributed by atoms with van der Waals surface area (Å²) >= 11 is 0. The van der Waals surface area contributed by atoms with E-state index in [9.17, 15) is 13.2 Å². The van der Waals surface area contributed by atoms with Crippen LogP contribution in [0.1, 0.15) is 55.1 Å². The van der Waals surface area contributed by atoms with Crippen LogP contribution in [-0.2, 0) is 14.8 Å². The molecule has 2 fully saturated rings. The Hall–Kier alpha value is -1.34. The van der Waals surface area contributed by atoms with E-state index in [1.54, 1.807) is 4.57 Å². The lowest BCUT2D eigenvalue weighted by molar-refractivity contribution is 0.0451. The highest BCUT2D eigenvalue weighted by Crippen LogP contribution is 2.37. The van der Waals surface area contributed by atoms with Gasteiger partial charge in [-0.05, 0) is 31.2 Å². The average molecular weight is 312 g/mol. The maximum Gasteiger partial charge on any atom is 0.354 e. The number of rotatable bonds is 6. The van der Waals surface area contributed by atoms with Crippen LogP contribution in [0, 0.1) is 5.92 Å². The molecule has 0 amide bonds. The van der Waals surface area contributed by atoms with Gasteiger partial charge >= 0.3 is 5.97 Å². The van der Waals surface area contributed by atoms with Crippen LogP contribution in [0.4, 0.5) is 0 Å². The first kappa shape index (κ1) is 14.6. The van der Waals surface area contributed by atoms with E-state index in [0.717, 1.165) is 19.3 Å². The standard InChI is InChI=1S/C14H20N2O4S/c15-21(18,19)12-8-13(16(9-12)11-4-5-11)14(17)20-7-6-10-2-1-3-10/h8-11H,1-7H2,(H2,15,18,19). The second kappa shape index (κ2) is 5.46. The van der Waals surface area contributed by atoms with E-state index >= 15 is 0 Å². The quantitative estimate of drug-likeness (QED) is 0.811. The van der Waals surface area contributed by atoms with Crippen LogP contribution in [0.5, 0.6) is 0 Å². The van der Waals surface area contributed by atoms with E-state index in [1.807, 2.05) is 0 Å². The van der Waals surface area contributed by atoms with Crippen LogP contribution in [0.2, 0.25) is 0 Å². The summed E-state index contributed by atoms with van der Waals surface area (Å²) in [7, 11) is -3.80. The van der Waals surface area contributed by atoms with Crippen molar-refractivity contribution in [3.63, 3.8) is 0 Å². The molecular weight excluding hydrogens is 292 g/mol. The second-order valence-electron chi connectivity index (χ2n) is 5.97. The lowest BCUT2D eigenvalue weighted by Gasteiger charge is -2.24. The molecule has 0 aromatic carbocycles. The van der Waals surface area contributed by atoms with Crippen molar-refractivity contribution in [2.45, 2.75) is 49.5 Å². The van der Waals surface area contributed by atoms with Crippen molar-refractivity contribution in [1.82, 2.24) is 4.57 Å². The summed E-state index contributed by atoms with van der Waals surface area (Å²) in [6.45, 7) is 0.393. The van der Waals surface area contributed by atoms with Crippen LogP contribution in [-0.4, -0.2) is 25.6 Å². The third kappa shape index (κ3) is 3.29. The number of nitrogens with zero attached hydrogens (tertiary/aromatic N) is 1. The number of nitrogens with two attached hydrogens (primary N) is 1. The first-order valence-corrected chi connectivity index (χ1v) is 8.91. The molecule has 0 atom stereocenters. The van der Waals surface area contributed by atoms with Crippen molar-refractivity contribution in [1.29, 1.82) is 0 Å². The summed E-state index contributed by atoms with van der Waals surface area (Å²) in [5.74, 6) is 0.212. The molecule has 7 heteroatoms. The molecule has 2 aliphatic rings. The molecule has 3 rings (SSSR count). The minimum Gasteiger partial charge on any atom is -0.461 e. The lowest BCUT2D eigenvalue weighted by atomic mass is 9.83. The Morgan fingerprint density at radius 1 is 1.33 bits per heavy atom. The molecule has 2 N–H and O–H groups in total. The zero-order valence-corrected chi connectivity index (χ0v) is 12.6. The summed E-state index contributed by atoms with van der Waals surface area (Å²) in [5, 5.41) is 5.13. The van der Waals surface area contributed by atoms with E-state index in [1.165, 1.54) is 31.5 Å². The van der Waals surface area contributed by atoms with Crippen LogP contribution >= 0.6 is 0 Å². The molecule has 0 aliphatic heterocycles. The first-order valence-electron chi connectivity index (χ1n) is 7.37. The Morgan fingerprint density at radius 2 is 2.05 bits per heavy atom. The number of aromatic nitrogens is 1.